The van der Waals surface area contributed by atoms with Gasteiger partial charge in [-0.3, -0.25) is 37.3 Å². The Balaban J connectivity index is 5.26. The molecule has 0 aromatic carbocycles. The Labute approximate surface area is 568 Å². The first kappa shape index (κ1) is 91.1. The maximum absolute atomic E-state index is 13.1. The number of carbonyl (C=O) groups excluding carboxylic acids is 4. The number of aliphatic hydroxyl groups excluding tert-OH is 1. The lowest BCUT2D eigenvalue weighted by molar-refractivity contribution is -0.161. The molecule has 3 N–H and O–H groups in total. The zero-order valence-corrected chi connectivity index (χ0v) is 62.5. The van der Waals surface area contributed by atoms with Gasteiger partial charge in [0, 0.05) is 25.7 Å². The van der Waals surface area contributed by atoms with Crippen molar-refractivity contribution in [2.75, 3.05) is 39.6 Å². The van der Waals surface area contributed by atoms with Crippen molar-refractivity contribution in [2.45, 2.75) is 394 Å². The number of hydrogen-bond acceptors (Lipinski definition) is 15. The fourth-order valence-electron chi connectivity index (χ4n) is 11.2. The van der Waals surface area contributed by atoms with Crippen molar-refractivity contribution in [1.29, 1.82) is 0 Å². The minimum absolute atomic E-state index is 0.106. The van der Waals surface area contributed by atoms with E-state index in [1.807, 2.05) is 0 Å². The predicted molar refractivity (Wildman–Crippen MR) is 377 cm³/mol. The van der Waals surface area contributed by atoms with Crippen molar-refractivity contribution >= 4 is 39.5 Å². The number of phosphoric acid groups is 2. The number of unbranched alkanes of at least 4 members (excludes halogenated alkanes) is 39. The Bertz CT molecular complexity index is 1820. The Morgan fingerprint density at radius 1 is 0.312 bits per heavy atom. The number of ether oxygens (including phenoxy) is 4. The van der Waals surface area contributed by atoms with E-state index in [2.05, 4.69) is 48.5 Å². The quantitative estimate of drug-likeness (QED) is 0.0222. The van der Waals surface area contributed by atoms with Crippen LogP contribution in [0.5, 0.6) is 0 Å². The van der Waals surface area contributed by atoms with E-state index in [0.29, 0.717) is 25.7 Å². The molecule has 0 fully saturated rings. The molecule has 93 heavy (non-hydrogen) atoms. The molecule has 0 aliphatic carbocycles. The molecule has 0 amide bonds. The summed E-state index contributed by atoms with van der Waals surface area (Å²) >= 11 is 0. The smallest absolute Gasteiger partial charge is 0.462 e. The summed E-state index contributed by atoms with van der Waals surface area (Å²) in [5, 5.41) is 10.6. The molecule has 0 bridgehead atoms. The van der Waals surface area contributed by atoms with Crippen molar-refractivity contribution in [3.8, 4) is 0 Å². The van der Waals surface area contributed by atoms with Crippen molar-refractivity contribution in [1.82, 2.24) is 0 Å². The average Bonchev–Trinajstić information content (AvgIpc) is 2.50. The molecule has 0 aromatic rings. The van der Waals surface area contributed by atoms with Crippen LogP contribution in [-0.4, -0.2) is 96.7 Å². The molecule has 0 spiro atoms. The lowest BCUT2D eigenvalue weighted by atomic mass is 10.00. The highest BCUT2D eigenvalue weighted by Gasteiger charge is 2.30. The van der Waals surface area contributed by atoms with Crippen LogP contribution in [0.15, 0.2) is 0 Å². The monoisotopic (exact) mass is 1370 g/mol. The topological polar surface area (TPSA) is 237 Å². The van der Waals surface area contributed by atoms with Gasteiger partial charge in [0.05, 0.1) is 26.4 Å². The van der Waals surface area contributed by atoms with E-state index in [-0.39, 0.29) is 25.7 Å². The normalized spacial score (nSPS) is 14.4. The molecule has 0 aliphatic rings. The number of rotatable bonds is 72. The summed E-state index contributed by atoms with van der Waals surface area (Å²) in [6.07, 6.45) is 49.8. The van der Waals surface area contributed by atoms with E-state index in [1.54, 1.807) is 0 Å². The zero-order chi connectivity index (χ0) is 68.7. The summed E-state index contributed by atoms with van der Waals surface area (Å²) in [5.74, 6) is 0.159. The van der Waals surface area contributed by atoms with E-state index in [9.17, 15) is 43.2 Å². The standard InChI is InChI=1S/C74H144O17P2/c1-8-10-11-12-13-14-15-16-17-23-29-34-43-50-57-74(79)91-70(62-85-72(77)56-49-42-37-36-40-47-54-67(7)9-2)64-89-93(82,83)87-60-68(75)59-86-92(80,81)88-63-69(61-84-71(76)55-48-41-33-28-25-20-22-27-32-39-46-53-66(5)6)90-73(78)58-51-44-35-30-24-19-18-21-26-31-38-45-52-65(3)4/h65-70,75H,8-64H2,1-7H3,(H,80,81)(H,82,83)/t67?,68-,69-,70-/m1/s1. The number of aliphatic hydroxyl groups is 1. The number of phosphoric ester groups is 2. The third-order valence-corrected chi connectivity index (χ3v) is 19.4. The Hall–Kier alpha value is -1.94. The van der Waals surface area contributed by atoms with Crippen LogP contribution in [0.1, 0.15) is 376 Å². The average molecular weight is 1370 g/mol. The molecule has 0 aliphatic heterocycles. The summed E-state index contributed by atoms with van der Waals surface area (Å²) < 4.78 is 68.5. The molecule has 0 rings (SSSR count). The van der Waals surface area contributed by atoms with Gasteiger partial charge in [0.2, 0.25) is 0 Å². The minimum atomic E-state index is -4.96. The fraction of sp³-hybridized carbons (Fsp3) is 0.946. The van der Waals surface area contributed by atoms with Crippen molar-refractivity contribution in [3.05, 3.63) is 0 Å². The van der Waals surface area contributed by atoms with Gasteiger partial charge in [-0.15, -0.1) is 0 Å². The molecule has 0 saturated heterocycles. The molecule has 6 atom stereocenters. The van der Waals surface area contributed by atoms with Gasteiger partial charge < -0.3 is 33.8 Å². The maximum Gasteiger partial charge on any atom is 0.472 e. The van der Waals surface area contributed by atoms with Crippen molar-refractivity contribution in [3.63, 3.8) is 0 Å². The number of hydrogen-bond donors (Lipinski definition) is 3. The Kier molecular flexibility index (Phi) is 63.4. The van der Waals surface area contributed by atoms with Gasteiger partial charge in [0.1, 0.15) is 19.3 Å². The molecule has 552 valence electrons. The van der Waals surface area contributed by atoms with Gasteiger partial charge in [0.15, 0.2) is 12.2 Å². The highest BCUT2D eigenvalue weighted by atomic mass is 31.2. The molecular weight excluding hydrogens is 1220 g/mol. The van der Waals surface area contributed by atoms with Crippen LogP contribution in [0.3, 0.4) is 0 Å². The van der Waals surface area contributed by atoms with Crippen molar-refractivity contribution < 1.29 is 80.2 Å². The summed E-state index contributed by atoms with van der Waals surface area (Å²) in [6, 6.07) is 0. The van der Waals surface area contributed by atoms with E-state index < -0.39 is 97.5 Å². The van der Waals surface area contributed by atoms with Gasteiger partial charge >= 0.3 is 39.5 Å². The third kappa shape index (κ3) is 67.0. The van der Waals surface area contributed by atoms with Crippen molar-refractivity contribution in [2.24, 2.45) is 17.8 Å². The van der Waals surface area contributed by atoms with E-state index in [4.69, 9.17) is 37.0 Å². The van der Waals surface area contributed by atoms with Crippen LogP contribution < -0.4 is 0 Å². The Morgan fingerprint density at radius 2 is 0.548 bits per heavy atom. The fourth-order valence-corrected chi connectivity index (χ4v) is 12.8. The van der Waals surface area contributed by atoms with Gasteiger partial charge in [-0.05, 0) is 43.4 Å². The van der Waals surface area contributed by atoms with Gasteiger partial charge in [-0.2, -0.15) is 0 Å². The van der Waals surface area contributed by atoms with Gasteiger partial charge in [0.25, 0.3) is 0 Å². The lowest BCUT2D eigenvalue weighted by Crippen LogP contribution is -2.30. The molecular formula is C74H144O17P2. The highest BCUT2D eigenvalue weighted by molar-refractivity contribution is 7.47. The molecule has 0 radical (unpaired) electrons. The summed E-state index contributed by atoms with van der Waals surface area (Å²) in [6.45, 7) is 11.9. The molecule has 17 nitrogen and oxygen atoms in total. The first-order chi connectivity index (χ1) is 44.8. The third-order valence-electron chi connectivity index (χ3n) is 17.5. The maximum atomic E-state index is 13.1. The molecule has 0 saturated carbocycles. The second-order valence-electron chi connectivity index (χ2n) is 27.9. The molecule has 19 heteroatoms. The van der Waals surface area contributed by atoms with Crippen LogP contribution in [0, 0.1) is 17.8 Å². The summed E-state index contributed by atoms with van der Waals surface area (Å²) in [7, 11) is -9.91. The molecule has 0 heterocycles. The van der Waals surface area contributed by atoms with E-state index >= 15 is 0 Å². The van der Waals surface area contributed by atoms with E-state index in [1.165, 1.54) is 180 Å². The zero-order valence-electron chi connectivity index (χ0n) is 60.7. The SMILES string of the molecule is CCCCCCCCCCCCCCCCC(=O)O[C@H](COC(=O)CCCCCCCCC(C)CC)COP(=O)(O)OC[C@H](O)COP(=O)(O)OC[C@@H](COC(=O)CCCCCCCCCCCCCC(C)C)OC(=O)CCCCCCCCCCCCCCC(C)C. The Morgan fingerprint density at radius 3 is 0.817 bits per heavy atom. The van der Waals surface area contributed by atoms with Crippen LogP contribution in [0.25, 0.3) is 0 Å². The van der Waals surface area contributed by atoms with Crippen LogP contribution in [0.2, 0.25) is 0 Å². The minimum Gasteiger partial charge on any atom is -0.462 e. The number of esters is 4. The van der Waals surface area contributed by atoms with Gasteiger partial charge in [-0.1, -0.05) is 325 Å². The highest BCUT2D eigenvalue weighted by Crippen LogP contribution is 2.45. The lowest BCUT2D eigenvalue weighted by Gasteiger charge is -2.21. The molecule has 0 aromatic heterocycles. The first-order valence-corrected chi connectivity index (χ1v) is 41.4. The van der Waals surface area contributed by atoms with Crippen LogP contribution in [-0.2, 0) is 65.4 Å². The predicted octanol–water partition coefficient (Wildman–Crippen LogP) is 21.4. The van der Waals surface area contributed by atoms with Gasteiger partial charge in [-0.25, -0.2) is 9.13 Å². The largest absolute Gasteiger partial charge is 0.472 e. The molecule has 3 unspecified atom stereocenters. The summed E-state index contributed by atoms with van der Waals surface area (Å²) in [4.78, 5) is 72.7. The number of carbonyl (C=O) groups is 4. The second kappa shape index (κ2) is 64.7. The van der Waals surface area contributed by atoms with E-state index in [0.717, 1.165) is 114 Å². The summed E-state index contributed by atoms with van der Waals surface area (Å²) in [5.41, 5.74) is 0. The first-order valence-electron chi connectivity index (χ1n) is 38.4. The second-order valence-corrected chi connectivity index (χ2v) is 30.8. The van der Waals surface area contributed by atoms with Crippen LogP contribution >= 0.6 is 15.6 Å². The van der Waals surface area contributed by atoms with Crippen LogP contribution in [0.4, 0.5) is 0 Å².